The van der Waals surface area contributed by atoms with E-state index in [-0.39, 0.29) is 46.8 Å². The number of carbonyl (C=O) groups excluding carboxylic acids is 3. The number of phenolic OH excluding ortho intramolecular Hbond substituents is 1. The van der Waals surface area contributed by atoms with Gasteiger partial charge in [0.25, 0.3) is 0 Å². The molecule has 154 valence electrons. The zero-order chi connectivity index (χ0) is 22.0. The van der Waals surface area contributed by atoms with E-state index >= 15 is 0 Å². The van der Waals surface area contributed by atoms with Gasteiger partial charge in [-0.1, -0.05) is 72.3 Å². The summed E-state index contributed by atoms with van der Waals surface area (Å²) >= 11 is 6.16. The van der Waals surface area contributed by atoms with Crippen molar-refractivity contribution in [1.82, 2.24) is 5.32 Å². The molecule has 3 aromatic rings. The largest absolute Gasteiger partial charge is 0.508 e. The molecule has 0 amide bonds. The van der Waals surface area contributed by atoms with Gasteiger partial charge < -0.3 is 10.4 Å². The number of hydrogen-bond acceptors (Lipinski definition) is 5. The lowest BCUT2D eigenvalue weighted by Crippen LogP contribution is -2.28. The van der Waals surface area contributed by atoms with Crippen LogP contribution in [-0.2, 0) is 13.0 Å². The van der Waals surface area contributed by atoms with Crippen LogP contribution in [0.15, 0.2) is 83.5 Å². The van der Waals surface area contributed by atoms with Crippen LogP contribution < -0.4 is 5.32 Å². The standard InChI is InChI=1S/C25H18ClNO4/c26-22-23(25(31)20-4-2-1-3-19(20)24(22)30)27-14-16-5-9-17(10-6-16)21(29)13-15-7-11-18(28)12-8-15/h1-12,27-28H,13-14H2. The lowest BCUT2D eigenvalue weighted by molar-refractivity contribution is 0.0974. The molecular weight excluding hydrogens is 414 g/mol. The van der Waals surface area contributed by atoms with E-state index in [9.17, 15) is 19.5 Å². The highest BCUT2D eigenvalue weighted by atomic mass is 35.5. The van der Waals surface area contributed by atoms with Gasteiger partial charge in [0.2, 0.25) is 11.6 Å². The average molecular weight is 432 g/mol. The molecule has 2 N–H and O–H groups in total. The number of nitrogens with one attached hydrogen (secondary N) is 1. The number of carbonyl (C=O) groups is 3. The number of benzene rings is 3. The highest BCUT2D eigenvalue weighted by Crippen LogP contribution is 2.27. The molecule has 4 rings (SSSR count). The fourth-order valence-corrected chi connectivity index (χ4v) is 3.66. The first-order valence-corrected chi connectivity index (χ1v) is 10.0. The lowest BCUT2D eigenvalue weighted by Gasteiger charge is -2.19. The Morgan fingerprint density at radius 2 is 1.39 bits per heavy atom. The van der Waals surface area contributed by atoms with Crippen molar-refractivity contribution in [3.05, 3.63) is 111 Å². The van der Waals surface area contributed by atoms with Gasteiger partial charge in [0.1, 0.15) is 16.5 Å². The quantitative estimate of drug-likeness (QED) is 0.564. The van der Waals surface area contributed by atoms with Crippen molar-refractivity contribution in [2.45, 2.75) is 13.0 Å². The summed E-state index contributed by atoms with van der Waals surface area (Å²) in [5.41, 5.74) is 2.92. The predicted molar refractivity (Wildman–Crippen MR) is 117 cm³/mol. The Kier molecular flexibility index (Phi) is 5.69. The van der Waals surface area contributed by atoms with Gasteiger partial charge in [-0.15, -0.1) is 0 Å². The highest BCUT2D eigenvalue weighted by Gasteiger charge is 2.30. The zero-order valence-electron chi connectivity index (χ0n) is 16.4. The lowest BCUT2D eigenvalue weighted by atomic mass is 9.92. The summed E-state index contributed by atoms with van der Waals surface area (Å²) in [6, 6.07) is 20.1. The first-order chi connectivity index (χ1) is 14.9. The van der Waals surface area contributed by atoms with Crippen LogP contribution in [0.3, 0.4) is 0 Å². The number of Topliss-reactive ketones (excluding diaryl/α,β-unsaturated/α-hetero) is 3. The molecule has 1 aliphatic carbocycles. The van der Waals surface area contributed by atoms with Gasteiger partial charge in [-0.05, 0) is 23.3 Å². The Bertz CT molecular complexity index is 1210. The Hall–Kier alpha value is -3.70. The molecule has 0 heterocycles. The number of rotatable bonds is 6. The number of hydrogen-bond donors (Lipinski definition) is 2. The van der Waals surface area contributed by atoms with E-state index in [2.05, 4.69) is 5.32 Å². The number of fused-ring (bicyclic) bond motifs is 1. The smallest absolute Gasteiger partial charge is 0.211 e. The molecular formula is C25H18ClNO4. The fraction of sp³-hybridized carbons (Fsp3) is 0.0800. The number of halogens is 1. The van der Waals surface area contributed by atoms with E-state index in [0.717, 1.165) is 11.1 Å². The summed E-state index contributed by atoms with van der Waals surface area (Å²) in [4.78, 5) is 37.6. The van der Waals surface area contributed by atoms with Crippen molar-refractivity contribution in [3.63, 3.8) is 0 Å². The molecule has 0 atom stereocenters. The van der Waals surface area contributed by atoms with Gasteiger partial charge in [-0.25, -0.2) is 0 Å². The monoisotopic (exact) mass is 431 g/mol. The Labute approximate surface area is 184 Å². The topological polar surface area (TPSA) is 83.5 Å². The third-order valence-corrected chi connectivity index (χ3v) is 5.47. The van der Waals surface area contributed by atoms with E-state index < -0.39 is 0 Å². The Balaban J connectivity index is 1.43. The maximum absolute atomic E-state index is 12.7. The van der Waals surface area contributed by atoms with E-state index in [4.69, 9.17) is 11.6 Å². The van der Waals surface area contributed by atoms with E-state index in [1.54, 1.807) is 72.8 Å². The Morgan fingerprint density at radius 3 is 2.03 bits per heavy atom. The third kappa shape index (κ3) is 4.27. The molecule has 0 radical (unpaired) electrons. The maximum atomic E-state index is 12.7. The van der Waals surface area contributed by atoms with E-state index in [0.29, 0.717) is 16.7 Å². The van der Waals surface area contributed by atoms with Crippen molar-refractivity contribution in [1.29, 1.82) is 0 Å². The van der Waals surface area contributed by atoms with Crippen LogP contribution in [0, 0.1) is 0 Å². The SMILES string of the molecule is O=C(Cc1ccc(O)cc1)c1ccc(CNC2=C(Cl)C(=O)c3ccccc3C2=O)cc1. The molecule has 0 saturated carbocycles. The molecule has 0 aromatic heterocycles. The van der Waals surface area contributed by atoms with Gasteiger partial charge in [0, 0.05) is 29.7 Å². The molecule has 0 saturated heterocycles. The van der Waals surface area contributed by atoms with Crippen LogP contribution in [0.5, 0.6) is 5.75 Å². The summed E-state index contributed by atoms with van der Waals surface area (Å²) in [6.07, 6.45) is 0.233. The summed E-state index contributed by atoms with van der Waals surface area (Å²) in [5, 5.41) is 12.2. The van der Waals surface area contributed by atoms with Gasteiger partial charge in [0.15, 0.2) is 5.78 Å². The minimum atomic E-state index is -0.380. The maximum Gasteiger partial charge on any atom is 0.211 e. The minimum absolute atomic E-state index is 0.0411. The summed E-state index contributed by atoms with van der Waals surface area (Å²) < 4.78 is 0. The predicted octanol–water partition coefficient (Wildman–Crippen LogP) is 4.44. The number of allylic oxidation sites excluding steroid dienone is 2. The normalized spacial score (nSPS) is 13.2. The molecule has 0 fully saturated rings. The highest BCUT2D eigenvalue weighted by molar-refractivity contribution is 6.49. The second-order valence-electron chi connectivity index (χ2n) is 7.21. The summed E-state index contributed by atoms with van der Waals surface area (Å²) in [6.45, 7) is 0.277. The van der Waals surface area contributed by atoms with Crippen LogP contribution in [0.2, 0.25) is 0 Å². The fourth-order valence-electron chi connectivity index (χ4n) is 3.40. The van der Waals surface area contributed by atoms with Crippen LogP contribution in [0.25, 0.3) is 0 Å². The van der Waals surface area contributed by atoms with Crippen LogP contribution in [0.4, 0.5) is 0 Å². The molecule has 0 spiro atoms. The zero-order valence-corrected chi connectivity index (χ0v) is 17.1. The van der Waals surface area contributed by atoms with Gasteiger partial charge >= 0.3 is 0 Å². The number of aromatic hydroxyl groups is 1. The first kappa shape index (κ1) is 20.6. The first-order valence-electron chi connectivity index (χ1n) is 9.66. The molecule has 6 heteroatoms. The van der Waals surface area contributed by atoms with Crippen molar-refractivity contribution in [2.24, 2.45) is 0 Å². The Morgan fingerprint density at radius 1 is 0.806 bits per heavy atom. The van der Waals surface area contributed by atoms with E-state index in [1.165, 1.54) is 0 Å². The van der Waals surface area contributed by atoms with Crippen molar-refractivity contribution in [2.75, 3.05) is 0 Å². The summed E-state index contributed by atoms with van der Waals surface area (Å²) in [5.74, 6) is -0.582. The molecule has 3 aromatic carbocycles. The van der Waals surface area contributed by atoms with Crippen LogP contribution in [0.1, 0.15) is 42.2 Å². The van der Waals surface area contributed by atoms with Gasteiger partial charge in [-0.3, -0.25) is 14.4 Å². The molecule has 5 nitrogen and oxygen atoms in total. The second kappa shape index (κ2) is 8.58. The minimum Gasteiger partial charge on any atom is -0.508 e. The summed E-state index contributed by atoms with van der Waals surface area (Å²) in [7, 11) is 0. The second-order valence-corrected chi connectivity index (χ2v) is 7.59. The van der Waals surface area contributed by atoms with Crippen molar-refractivity contribution >= 4 is 29.0 Å². The van der Waals surface area contributed by atoms with Gasteiger partial charge in [-0.2, -0.15) is 0 Å². The van der Waals surface area contributed by atoms with Gasteiger partial charge in [0.05, 0.1) is 0 Å². The van der Waals surface area contributed by atoms with Crippen molar-refractivity contribution < 1.29 is 19.5 Å². The average Bonchev–Trinajstić information content (AvgIpc) is 2.79. The number of phenols is 1. The third-order valence-electron chi connectivity index (χ3n) is 5.11. The molecule has 31 heavy (non-hydrogen) atoms. The van der Waals surface area contributed by atoms with Crippen molar-refractivity contribution in [3.8, 4) is 5.75 Å². The molecule has 0 bridgehead atoms. The molecule has 1 aliphatic rings. The van der Waals surface area contributed by atoms with E-state index in [1.807, 2.05) is 0 Å². The molecule has 0 unspecified atom stereocenters. The van der Waals surface area contributed by atoms with Crippen LogP contribution >= 0.6 is 11.6 Å². The molecule has 0 aliphatic heterocycles. The van der Waals surface area contributed by atoms with Crippen LogP contribution in [-0.4, -0.2) is 22.5 Å². The number of ketones is 3.